The van der Waals surface area contributed by atoms with E-state index in [1.165, 1.54) is 23.3 Å². The van der Waals surface area contributed by atoms with Crippen LogP contribution in [-0.4, -0.2) is 12.3 Å². The molecule has 1 aliphatic rings. The zero-order valence-electron chi connectivity index (χ0n) is 10.2. The maximum atomic E-state index is 4.36. The first kappa shape index (κ1) is 11.2. The lowest BCUT2D eigenvalue weighted by atomic mass is 9.99. The molecule has 1 aromatic rings. The van der Waals surface area contributed by atoms with Crippen LogP contribution >= 0.6 is 0 Å². The summed E-state index contributed by atoms with van der Waals surface area (Å²) >= 11 is 0. The molecule has 1 aliphatic heterocycles. The van der Waals surface area contributed by atoms with Crippen LogP contribution < -0.4 is 5.43 Å². The Morgan fingerprint density at radius 2 is 2.00 bits per heavy atom. The molecule has 1 heterocycles. The van der Waals surface area contributed by atoms with E-state index in [-0.39, 0.29) is 0 Å². The molecule has 2 heteroatoms. The van der Waals surface area contributed by atoms with E-state index in [1.54, 1.807) is 0 Å². The van der Waals surface area contributed by atoms with Crippen LogP contribution in [0.5, 0.6) is 0 Å². The van der Waals surface area contributed by atoms with Crippen molar-refractivity contribution in [3.8, 4) is 0 Å². The predicted octanol–water partition coefficient (Wildman–Crippen LogP) is 2.97. The van der Waals surface area contributed by atoms with Crippen LogP contribution in [0.4, 0.5) is 0 Å². The summed E-state index contributed by atoms with van der Waals surface area (Å²) in [5, 5.41) is 4.36. The second-order valence-corrected chi connectivity index (χ2v) is 4.87. The van der Waals surface area contributed by atoms with Crippen molar-refractivity contribution in [1.29, 1.82) is 0 Å². The second-order valence-electron chi connectivity index (χ2n) is 4.87. The third kappa shape index (κ3) is 2.84. The minimum atomic E-state index is 0.722. The monoisotopic (exact) mass is 216 g/mol. The van der Waals surface area contributed by atoms with Crippen LogP contribution in [0.3, 0.4) is 0 Å². The Balaban J connectivity index is 2.09. The number of hydrogen-bond donors (Lipinski definition) is 1. The molecule has 0 atom stereocenters. The van der Waals surface area contributed by atoms with E-state index < -0.39 is 0 Å². The Morgan fingerprint density at radius 1 is 1.25 bits per heavy atom. The van der Waals surface area contributed by atoms with Gasteiger partial charge in [0.1, 0.15) is 0 Å². The summed E-state index contributed by atoms with van der Waals surface area (Å²) in [6, 6.07) is 8.85. The van der Waals surface area contributed by atoms with E-state index in [9.17, 15) is 0 Å². The highest BCUT2D eigenvalue weighted by atomic mass is 15.3. The molecule has 1 aromatic carbocycles. The van der Waals surface area contributed by atoms with Crippen molar-refractivity contribution in [1.82, 2.24) is 5.43 Å². The topological polar surface area (TPSA) is 24.4 Å². The van der Waals surface area contributed by atoms with Gasteiger partial charge in [0.15, 0.2) is 0 Å². The summed E-state index contributed by atoms with van der Waals surface area (Å²) < 4.78 is 0. The maximum absolute atomic E-state index is 4.36. The average molecular weight is 216 g/mol. The maximum Gasteiger partial charge on any atom is 0.0675 e. The number of nitrogens with one attached hydrogen (secondary N) is 1. The van der Waals surface area contributed by atoms with Crippen molar-refractivity contribution in [2.45, 2.75) is 33.1 Å². The lowest BCUT2D eigenvalue weighted by Crippen LogP contribution is -2.19. The summed E-state index contributed by atoms with van der Waals surface area (Å²) in [4.78, 5) is 0. The van der Waals surface area contributed by atoms with Crippen LogP contribution in [0.25, 0.3) is 0 Å². The fourth-order valence-corrected chi connectivity index (χ4v) is 2.06. The van der Waals surface area contributed by atoms with Gasteiger partial charge in [-0.3, -0.25) is 0 Å². The van der Waals surface area contributed by atoms with Gasteiger partial charge in [0.2, 0.25) is 0 Å². The average Bonchev–Trinajstić information content (AvgIpc) is 2.30. The van der Waals surface area contributed by atoms with Crippen LogP contribution in [0, 0.1) is 5.92 Å². The molecule has 0 fully saturated rings. The third-order valence-electron chi connectivity index (χ3n) is 2.85. The van der Waals surface area contributed by atoms with Gasteiger partial charge in [-0.05, 0) is 36.3 Å². The highest BCUT2D eigenvalue weighted by Crippen LogP contribution is 2.13. The highest BCUT2D eigenvalue weighted by Gasteiger charge is 2.07. The first-order chi connectivity index (χ1) is 7.75. The van der Waals surface area contributed by atoms with E-state index in [0.717, 1.165) is 25.3 Å². The number of rotatable bonds is 3. The van der Waals surface area contributed by atoms with Gasteiger partial charge in [0.05, 0.1) is 5.71 Å². The lowest BCUT2D eigenvalue weighted by molar-refractivity contribution is 0.647. The van der Waals surface area contributed by atoms with E-state index >= 15 is 0 Å². The van der Waals surface area contributed by atoms with E-state index in [4.69, 9.17) is 0 Å². The molecular weight excluding hydrogens is 196 g/mol. The molecule has 16 heavy (non-hydrogen) atoms. The molecule has 2 nitrogen and oxygen atoms in total. The van der Waals surface area contributed by atoms with Gasteiger partial charge in [-0.2, -0.15) is 5.10 Å². The van der Waals surface area contributed by atoms with Gasteiger partial charge in [0, 0.05) is 6.54 Å². The molecule has 0 amide bonds. The van der Waals surface area contributed by atoms with Gasteiger partial charge in [-0.15, -0.1) is 0 Å². The van der Waals surface area contributed by atoms with Crippen LogP contribution in [0.1, 0.15) is 37.8 Å². The van der Waals surface area contributed by atoms with Gasteiger partial charge in [-0.1, -0.05) is 38.1 Å². The first-order valence-electron chi connectivity index (χ1n) is 6.14. The Hall–Kier alpha value is -1.31. The summed E-state index contributed by atoms with van der Waals surface area (Å²) in [7, 11) is 0. The van der Waals surface area contributed by atoms with Crippen LogP contribution in [-0.2, 0) is 6.42 Å². The van der Waals surface area contributed by atoms with Gasteiger partial charge in [-0.25, -0.2) is 0 Å². The van der Waals surface area contributed by atoms with Crippen molar-refractivity contribution in [2.24, 2.45) is 11.0 Å². The summed E-state index contributed by atoms with van der Waals surface area (Å²) in [6.07, 6.45) is 3.44. The Morgan fingerprint density at radius 3 is 2.56 bits per heavy atom. The zero-order valence-corrected chi connectivity index (χ0v) is 10.2. The molecule has 0 bridgehead atoms. The standard InChI is InChI=1S/C14H20N2/c1-11(2)10-12-5-7-13(8-6-12)14-4-3-9-15-16-14/h5-8,11,15H,3-4,9-10H2,1-2H3. The van der Waals surface area contributed by atoms with Crippen molar-refractivity contribution < 1.29 is 0 Å². The van der Waals surface area contributed by atoms with E-state index in [1.807, 2.05) is 0 Å². The molecule has 0 radical (unpaired) electrons. The Kier molecular flexibility index (Phi) is 3.60. The molecular formula is C14H20N2. The summed E-state index contributed by atoms with van der Waals surface area (Å²) in [5.74, 6) is 0.722. The van der Waals surface area contributed by atoms with Gasteiger partial charge >= 0.3 is 0 Å². The molecule has 0 aliphatic carbocycles. The van der Waals surface area contributed by atoms with Crippen molar-refractivity contribution in [3.05, 3.63) is 35.4 Å². The fraction of sp³-hybridized carbons (Fsp3) is 0.500. The molecule has 0 aromatic heterocycles. The Labute approximate surface area is 97.8 Å². The van der Waals surface area contributed by atoms with Crippen molar-refractivity contribution >= 4 is 5.71 Å². The molecule has 2 rings (SSSR count). The van der Waals surface area contributed by atoms with E-state index in [0.29, 0.717) is 0 Å². The Bertz CT molecular complexity index is 363. The lowest BCUT2D eigenvalue weighted by Gasteiger charge is -2.13. The zero-order chi connectivity index (χ0) is 11.4. The van der Waals surface area contributed by atoms with Gasteiger partial charge in [0.25, 0.3) is 0 Å². The quantitative estimate of drug-likeness (QED) is 0.825. The third-order valence-corrected chi connectivity index (χ3v) is 2.85. The van der Waals surface area contributed by atoms with Crippen molar-refractivity contribution in [3.63, 3.8) is 0 Å². The molecule has 0 spiro atoms. The molecule has 0 saturated heterocycles. The number of hydrogen-bond acceptors (Lipinski definition) is 2. The largest absolute Gasteiger partial charge is 0.310 e. The first-order valence-corrected chi connectivity index (χ1v) is 6.14. The molecule has 0 unspecified atom stereocenters. The van der Waals surface area contributed by atoms with Crippen LogP contribution in [0.2, 0.25) is 0 Å². The molecule has 0 saturated carbocycles. The minimum Gasteiger partial charge on any atom is -0.310 e. The number of nitrogens with zero attached hydrogens (tertiary/aromatic N) is 1. The molecule has 86 valence electrons. The normalized spacial score (nSPS) is 15.8. The van der Waals surface area contributed by atoms with Gasteiger partial charge < -0.3 is 5.43 Å². The summed E-state index contributed by atoms with van der Waals surface area (Å²) in [5.41, 5.74) is 6.95. The highest BCUT2D eigenvalue weighted by molar-refractivity contribution is 6.00. The smallest absolute Gasteiger partial charge is 0.0675 e. The van der Waals surface area contributed by atoms with Crippen molar-refractivity contribution in [2.75, 3.05) is 6.54 Å². The number of benzene rings is 1. The predicted molar refractivity (Wildman–Crippen MR) is 68.8 cm³/mol. The fourth-order valence-electron chi connectivity index (χ4n) is 2.06. The SMILES string of the molecule is CC(C)Cc1ccc(C2=NNCCC2)cc1. The van der Waals surface area contributed by atoms with E-state index in [2.05, 4.69) is 48.6 Å². The van der Waals surface area contributed by atoms with Crippen LogP contribution in [0.15, 0.2) is 29.4 Å². The summed E-state index contributed by atoms with van der Waals surface area (Å²) in [6.45, 7) is 5.51. The second kappa shape index (κ2) is 5.15. The number of hydrazone groups is 1. The minimum absolute atomic E-state index is 0.722. The molecule has 1 N–H and O–H groups in total.